The highest BCUT2D eigenvalue weighted by Crippen LogP contribution is 2.16. The van der Waals surface area contributed by atoms with E-state index in [1.165, 1.54) is 50.3 Å². The number of pyridine rings is 1. The second kappa shape index (κ2) is 9.75. The SMILES string of the molecule is Fc1ccccc1.O=C(O)c1ccnc(-c2cn(CCN3CCCC3)cn2)c1. The first-order valence-corrected chi connectivity index (χ1v) is 9.26. The molecule has 1 N–H and O–H groups in total. The molecule has 3 aromatic rings. The molecule has 146 valence electrons. The van der Waals surface area contributed by atoms with Gasteiger partial charge in [0.25, 0.3) is 0 Å². The summed E-state index contributed by atoms with van der Waals surface area (Å²) in [6.45, 7) is 4.29. The topological polar surface area (TPSA) is 71.2 Å². The van der Waals surface area contributed by atoms with Crippen LogP contribution in [0.2, 0.25) is 0 Å². The van der Waals surface area contributed by atoms with Crippen molar-refractivity contribution in [3.8, 4) is 11.4 Å². The average molecular weight is 382 g/mol. The molecule has 4 rings (SSSR count). The van der Waals surface area contributed by atoms with Crippen LogP contribution in [-0.2, 0) is 6.54 Å². The Bertz CT molecular complexity index is 892. The standard InChI is InChI=1S/C15H18N4O2.C6H5F/c20-15(21)12-3-4-16-13(9-12)14-10-19(11-17-14)8-7-18-5-1-2-6-18;7-6-4-2-1-3-5-6/h3-4,9-11H,1-2,5-8H2,(H,20,21);1-5H. The van der Waals surface area contributed by atoms with E-state index >= 15 is 0 Å². The van der Waals surface area contributed by atoms with Gasteiger partial charge in [-0.3, -0.25) is 4.98 Å². The Morgan fingerprint density at radius 1 is 1.04 bits per heavy atom. The van der Waals surface area contributed by atoms with Crippen molar-refractivity contribution in [2.75, 3.05) is 19.6 Å². The Labute approximate surface area is 163 Å². The van der Waals surface area contributed by atoms with Crippen LogP contribution in [0.15, 0.2) is 61.2 Å². The van der Waals surface area contributed by atoms with E-state index < -0.39 is 5.97 Å². The molecule has 0 radical (unpaired) electrons. The molecule has 28 heavy (non-hydrogen) atoms. The van der Waals surface area contributed by atoms with Gasteiger partial charge >= 0.3 is 5.97 Å². The summed E-state index contributed by atoms with van der Waals surface area (Å²) >= 11 is 0. The van der Waals surface area contributed by atoms with Crippen LogP contribution >= 0.6 is 0 Å². The number of carboxylic acids is 1. The van der Waals surface area contributed by atoms with E-state index in [0.717, 1.165) is 13.1 Å². The fourth-order valence-corrected chi connectivity index (χ4v) is 3.00. The average Bonchev–Trinajstić information content (AvgIpc) is 3.39. The number of aromatic carboxylic acids is 1. The summed E-state index contributed by atoms with van der Waals surface area (Å²) in [5.74, 6) is -1.13. The predicted molar refractivity (Wildman–Crippen MR) is 104 cm³/mol. The van der Waals surface area contributed by atoms with Gasteiger partial charge in [0.1, 0.15) is 11.5 Å². The van der Waals surface area contributed by atoms with Gasteiger partial charge in [-0.25, -0.2) is 14.2 Å². The van der Waals surface area contributed by atoms with Crippen molar-refractivity contribution >= 4 is 5.97 Å². The van der Waals surface area contributed by atoms with Crippen LogP contribution in [-0.4, -0.2) is 50.1 Å². The zero-order valence-corrected chi connectivity index (χ0v) is 15.5. The molecule has 1 aromatic carbocycles. The van der Waals surface area contributed by atoms with Crippen LogP contribution in [0, 0.1) is 5.82 Å². The molecule has 3 heterocycles. The lowest BCUT2D eigenvalue weighted by molar-refractivity contribution is 0.0697. The van der Waals surface area contributed by atoms with Gasteiger partial charge in [0.2, 0.25) is 0 Å². The molecule has 0 unspecified atom stereocenters. The van der Waals surface area contributed by atoms with E-state index in [1.54, 1.807) is 30.6 Å². The van der Waals surface area contributed by atoms with Gasteiger partial charge in [-0.05, 0) is 50.2 Å². The highest BCUT2D eigenvalue weighted by molar-refractivity contribution is 5.88. The number of likely N-dealkylation sites (tertiary alicyclic amines) is 1. The van der Waals surface area contributed by atoms with Crippen molar-refractivity contribution in [2.24, 2.45) is 0 Å². The number of hydrogen-bond donors (Lipinski definition) is 1. The second-order valence-corrected chi connectivity index (χ2v) is 6.58. The van der Waals surface area contributed by atoms with Gasteiger partial charge < -0.3 is 14.6 Å². The third-order valence-corrected chi connectivity index (χ3v) is 4.51. The first-order chi connectivity index (χ1) is 13.6. The first-order valence-electron chi connectivity index (χ1n) is 9.26. The van der Waals surface area contributed by atoms with Crippen LogP contribution in [0.4, 0.5) is 4.39 Å². The molecule has 1 fully saturated rings. The van der Waals surface area contributed by atoms with Gasteiger partial charge in [-0.2, -0.15) is 0 Å². The number of hydrogen-bond acceptors (Lipinski definition) is 4. The Hall–Kier alpha value is -3.06. The molecule has 1 aliphatic heterocycles. The maximum absolute atomic E-state index is 11.9. The normalized spacial score (nSPS) is 13.8. The summed E-state index contributed by atoms with van der Waals surface area (Å²) in [7, 11) is 0. The van der Waals surface area contributed by atoms with Gasteiger partial charge in [0.15, 0.2) is 0 Å². The summed E-state index contributed by atoms with van der Waals surface area (Å²) in [6, 6.07) is 11.0. The molecule has 0 spiro atoms. The summed E-state index contributed by atoms with van der Waals surface area (Å²) < 4.78 is 13.9. The van der Waals surface area contributed by atoms with E-state index in [2.05, 4.69) is 14.9 Å². The minimum atomic E-state index is -0.952. The minimum absolute atomic E-state index is 0.178. The molecule has 0 bridgehead atoms. The third-order valence-electron chi connectivity index (χ3n) is 4.51. The van der Waals surface area contributed by atoms with Gasteiger partial charge in [0, 0.05) is 25.5 Å². The number of rotatable bonds is 5. The zero-order chi connectivity index (χ0) is 19.8. The molecule has 1 saturated heterocycles. The Morgan fingerprint density at radius 2 is 1.79 bits per heavy atom. The van der Waals surface area contributed by atoms with Crippen molar-refractivity contribution in [1.82, 2.24) is 19.4 Å². The lowest BCUT2D eigenvalue weighted by atomic mass is 10.2. The van der Waals surface area contributed by atoms with E-state index in [1.807, 2.05) is 10.8 Å². The smallest absolute Gasteiger partial charge is 0.335 e. The van der Waals surface area contributed by atoms with Crippen molar-refractivity contribution in [1.29, 1.82) is 0 Å². The summed E-state index contributed by atoms with van der Waals surface area (Å²) in [5.41, 5.74) is 1.53. The predicted octanol–water partition coefficient (Wildman–Crippen LogP) is 3.56. The molecule has 0 saturated carbocycles. The van der Waals surface area contributed by atoms with Crippen molar-refractivity contribution in [3.63, 3.8) is 0 Å². The third kappa shape index (κ3) is 5.72. The van der Waals surface area contributed by atoms with Crippen molar-refractivity contribution < 1.29 is 14.3 Å². The van der Waals surface area contributed by atoms with Crippen molar-refractivity contribution in [3.05, 3.63) is 72.6 Å². The van der Waals surface area contributed by atoms with Crippen LogP contribution in [0.3, 0.4) is 0 Å². The summed E-state index contributed by atoms with van der Waals surface area (Å²) in [5, 5.41) is 9.01. The summed E-state index contributed by atoms with van der Waals surface area (Å²) in [6.07, 6.45) is 7.79. The number of aromatic nitrogens is 3. The van der Waals surface area contributed by atoms with E-state index in [0.29, 0.717) is 11.4 Å². The van der Waals surface area contributed by atoms with Crippen LogP contribution in [0.1, 0.15) is 23.2 Å². The highest BCUT2D eigenvalue weighted by Gasteiger charge is 2.12. The van der Waals surface area contributed by atoms with Crippen LogP contribution < -0.4 is 0 Å². The first kappa shape index (κ1) is 19.7. The van der Waals surface area contributed by atoms with Gasteiger partial charge in [-0.15, -0.1) is 0 Å². The second-order valence-electron chi connectivity index (χ2n) is 6.58. The zero-order valence-electron chi connectivity index (χ0n) is 15.5. The van der Waals surface area contributed by atoms with Gasteiger partial charge in [-0.1, -0.05) is 18.2 Å². The van der Waals surface area contributed by atoms with E-state index in [4.69, 9.17) is 5.11 Å². The number of benzene rings is 1. The molecule has 1 aliphatic rings. The van der Waals surface area contributed by atoms with Crippen molar-refractivity contribution in [2.45, 2.75) is 19.4 Å². The maximum atomic E-state index is 11.9. The largest absolute Gasteiger partial charge is 0.478 e. The number of nitrogens with zero attached hydrogens (tertiary/aromatic N) is 4. The molecular formula is C21H23FN4O2. The Morgan fingerprint density at radius 3 is 2.43 bits per heavy atom. The number of carbonyl (C=O) groups is 1. The Kier molecular flexibility index (Phi) is 6.86. The summed E-state index contributed by atoms with van der Waals surface area (Å²) in [4.78, 5) is 21.9. The number of imidazole rings is 1. The monoisotopic (exact) mass is 382 g/mol. The molecule has 0 aliphatic carbocycles. The molecule has 0 atom stereocenters. The molecular weight excluding hydrogens is 359 g/mol. The van der Waals surface area contributed by atoms with E-state index in [9.17, 15) is 9.18 Å². The Balaban J connectivity index is 0.000000271. The lowest BCUT2D eigenvalue weighted by Gasteiger charge is -2.14. The number of halogens is 1. The molecule has 7 heteroatoms. The molecule has 6 nitrogen and oxygen atoms in total. The quantitative estimate of drug-likeness (QED) is 0.731. The van der Waals surface area contributed by atoms with Gasteiger partial charge in [0.05, 0.1) is 17.6 Å². The lowest BCUT2D eigenvalue weighted by Crippen LogP contribution is -2.23. The van der Waals surface area contributed by atoms with Crippen LogP contribution in [0.25, 0.3) is 11.4 Å². The maximum Gasteiger partial charge on any atom is 0.335 e. The highest BCUT2D eigenvalue weighted by atomic mass is 19.1. The minimum Gasteiger partial charge on any atom is -0.478 e. The fraction of sp³-hybridized carbons (Fsp3) is 0.286. The van der Waals surface area contributed by atoms with E-state index in [-0.39, 0.29) is 11.4 Å². The van der Waals surface area contributed by atoms with Crippen LogP contribution in [0.5, 0.6) is 0 Å². The molecule has 0 amide bonds. The fourth-order valence-electron chi connectivity index (χ4n) is 3.00. The molecule has 2 aromatic heterocycles. The number of carboxylic acid groups (broad SMARTS) is 1.